The zero-order chi connectivity index (χ0) is 6.57. The minimum absolute atomic E-state index is 0.444. The molecule has 0 amide bonds. The highest BCUT2D eigenvalue weighted by Crippen LogP contribution is 1.69. The van der Waals surface area contributed by atoms with Crippen LogP contribution in [-0.4, -0.2) is 16.9 Å². The van der Waals surface area contributed by atoms with E-state index >= 15 is 0 Å². The maximum atomic E-state index is 9.79. The van der Waals surface area contributed by atoms with Gasteiger partial charge in [-0.05, 0) is 0 Å². The van der Waals surface area contributed by atoms with Crippen LogP contribution in [-0.2, 0) is 4.79 Å². The van der Waals surface area contributed by atoms with E-state index < -0.39 is 11.8 Å². The van der Waals surface area contributed by atoms with Gasteiger partial charge in [0.25, 0.3) is 0 Å². The topological polar surface area (TPSA) is 75.7 Å². The van der Waals surface area contributed by atoms with Crippen LogP contribution in [0, 0.1) is 0 Å². The number of hydrogen-bond donors (Lipinski definition) is 2. The van der Waals surface area contributed by atoms with Crippen molar-refractivity contribution >= 4 is 11.8 Å². The van der Waals surface area contributed by atoms with Gasteiger partial charge in [0.15, 0.2) is 0 Å². The second-order valence-corrected chi connectivity index (χ2v) is 1.00. The number of aliphatic carboxylic acids is 1. The van der Waals surface area contributed by atoms with Crippen molar-refractivity contribution in [1.82, 2.24) is 0 Å². The zero-order valence-corrected chi connectivity index (χ0v) is 4.16. The van der Waals surface area contributed by atoms with Crippen molar-refractivity contribution in [3.05, 3.63) is 12.8 Å². The first-order chi connectivity index (χ1) is 3.68. The molecule has 0 heterocycles. The minimum Gasteiger partial charge on any atom is -0.475 e. The predicted molar refractivity (Wildman–Crippen MR) is 29.5 cm³/mol. The molecule has 0 aromatic heterocycles. The number of hydrogen-bond acceptors (Lipinski definition) is 2. The van der Waals surface area contributed by atoms with Crippen LogP contribution in [0.1, 0.15) is 0 Å². The number of carboxylic acid groups (broad SMARTS) is 1. The van der Waals surface area contributed by atoms with E-state index in [1.165, 1.54) is 0 Å². The van der Waals surface area contributed by atoms with Crippen LogP contribution in [0.25, 0.3) is 0 Å². The van der Waals surface area contributed by atoms with Gasteiger partial charge in [-0.1, -0.05) is 6.58 Å². The van der Waals surface area contributed by atoms with Crippen LogP contribution >= 0.6 is 0 Å². The fourth-order valence-electron chi connectivity index (χ4n) is 0.154. The van der Waals surface area contributed by atoms with Gasteiger partial charge in [0.1, 0.15) is 0 Å². The lowest BCUT2D eigenvalue weighted by Crippen LogP contribution is -2.22. The molecule has 0 bridgehead atoms. The van der Waals surface area contributed by atoms with Crippen molar-refractivity contribution in [3.63, 3.8) is 0 Å². The molecular weight excluding hydrogens is 108 g/mol. The molecule has 0 aromatic rings. The summed E-state index contributed by atoms with van der Waals surface area (Å²) in [4.78, 5) is 13.0. The smallest absolute Gasteiger partial charge is 0.371 e. The van der Waals surface area contributed by atoms with Crippen molar-refractivity contribution in [2.75, 3.05) is 0 Å². The fourth-order valence-corrected chi connectivity index (χ4v) is 0.154. The van der Waals surface area contributed by atoms with Crippen molar-refractivity contribution in [3.8, 4) is 0 Å². The van der Waals surface area contributed by atoms with Crippen molar-refractivity contribution in [2.24, 2.45) is 10.7 Å². The van der Waals surface area contributed by atoms with Gasteiger partial charge in [-0.25, -0.2) is 9.79 Å². The van der Waals surface area contributed by atoms with Gasteiger partial charge in [-0.2, -0.15) is 0 Å². The predicted octanol–water partition coefficient (Wildman–Crippen LogP) is -0.428. The Morgan fingerprint density at radius 3 is 2.50 bits per heavy atom. The largest absolute Gasteiger partial charge is 0.475 e. The van der Waals surface area contributed by atoms with E-state index in [4.69, 9.17) is 10.8 Å². The summed E-state index contributed by atoms with van der Waals surface area (Å²) in [6, 6.07) is 0. The highest BCUT2D eigenvalue weighted by molar-refractivity contribution is 6.33. The molecule has 0 aliphatic rings. The summed E-state index contributed by atoms with van der Waals surface area (Å²) >= 11 is 0. The summed E-state index contributed by atoms with van der Waals surface area (Å²) in [6.45, 7) is 3.15. The fraction of sp³-hybridized carbons (Fsp3) is 0. The number of carboxylic acids is 1. The van der Waals surface area contributed by atoms with Crippen LogP contribution in [0.4, 0.5) is 0 Å². The van der Waals surface area contributed by atoms with Gasteiger partial charge in [0.2, 0.25) is 5.84 Å². The molecule has 44 valence electrons. The molecule has 4 heteroatoms. The number of carbonyl (C=O) groups is 1. The first kappa shape index (κ1) is 6.68. The number of aliphatic imine (C=N–C) groups is 1. The Morgan fingerprint density at radius 1 is 1.88 bits per heavy atom. The average molecular weight is 114 g/mol. The van der Waals surface area contributed by atoms with Crippen LogP contribution in [0.3, 0.4) is 0 Å². The SMILES string of the molecule is C=CN=C(N)C(=O)O. The summed E-state index contributed by atoms with van der Waals surface area (Å²) in [7, 11) is 0. The zero-order valence-electron chi connectivity index (χ0n) is 4.16. The number of nitrogens with zero attached hydrogens (tertiary/aromatic N) is 1. The van der Waals surface area contributed by atoms with Gasteiger partial charge >= 0.3 is 5.97 Å². The molecular formula is C4H6N2O2. The number of rotatable bonds is 1. The van der Waals surface area contributed by atoms with Crippen LogP contribution < -0.4 is 5.73 Å². The van der Waals surface area contributed by atoms with E-state index in [1.807, 2.05) is 0 Å². The van der Waals surface area contributed by atoms with E-state index in [2.05, 4.69) is 11.6 Å². The van der Waals surface area contributed by atoms with Crippen LogP contribution in [0.2, 0.25) is 0 Å². The normalized spacial score (nSPS) is 10.8. The molecule has 0 aromatic carbocycles. The standard InChI is InChI=1S/C4H6N2O2/c1-2-6-3(5)4(7)8/h2H,1H2,(H2,5,6)(H,7,8). The van der Waals surface area contributed by atoms with E-state index in [1.54, 1.807) is 0 Å². The van der Waals surface area contributed by atoms with Gasteiger partial charge < -0.3 is 10.8 Å². The number of amidine groups is 1. The van der Waals surface area contributed by atoms with E-state index in [0.29, 0.717) is 0 Å². The molecule has 0 fully saturated rings. The first-order valence-electron chi connectivity index (χ1n) is 1.86. The van der Waals surface area contributed by atoms with Gasteiger partial charge in [-0.15, -0.1) is 0 Å². The molecule has 0 atom stereocenters. The van der Waals surface area contributed by atoms with Crippen molar-refractivity contribution in [2.45, 2.75) is 0 Å². The maximum absolute atomic E-state index is 9.79. The first-order valence-corrected chi connectivity index (χ1v) is 1.86. The molecule has 4 nitrogen and oxygen atoms in total. The van der Waals surface area contributed by atoms with E-state index in [9.17, 15) is 4.79 Å². The summed E-state index contributed by atoms with van der Waals surface area (Å²) < 4.78 is 0. The molecule has 0 saturated heterocycles. The molecule has 0 radical (unpaired) electrons. The Labute approximate surface area is 46.3 Å². The van der Waals surface area contributed by atoms with Gasteiger partial charge in [0, 0.05) is 6.20 Å². The highest BCUT2D eigenvalue weighted by atomic mass is 16.4. The van der Waals surface area contributed by atoms with Crippen molar-refractivity contribution in [1.29, 1.82) is 0 Å². The number of nitrogens with two attached hydrogens (primary N) is 1. The highest BCUT2D eigenvalue weighted by Gasteiger charge is 1.98. The lowest BCUT2D eigenvalue weighted by molar-refractivity contribution is -0.129. The second-order valence-electron chi connectivity index (χ2n) is 1.00. The summed E-state index contributed by atoms with van der Waals surface area (Å²) in [5, 5.41) is 8.01. The molecule has 0 aliphatic heterocycles. The van der Waals surface area contributed by atoms with Gasteiger partial charge in [0.05, 0.1) is 0 Å². The average Bonchev–Trinajstić information content (AvgIpc) is 1.67. The Kier molecular flexibility index (Phi) is 2.33. The molecule has 3 N–H and O–H groups in total. The third-order valence-electron chi connectivity index (χ3n) is 0.449. The third-order valence-corrected chi connectivity index (χ3v) is 0.449. The third kappa shape index (κ3) is 1.96. The molecule has 0 unspecified atom stereocenters. The molecule has 0 spiro atoms. The summed E-state index contributed by atoms with van der Waals surface area (Å²) in [5.74, 6) is -1.68. The molecule has 8 heavy (non-hydrogen) atoms. The van der Waals surface area contributed by atoms with Crippen LogP contribution in [0.5, 0.6) is 0 Å². The Hall–Kier alpha value is -1.32. The Morgan fingerprint density at radius 2 is 2.38 bits per heavy atom. The monoisotopic (exact) mass is 114 g/mol. The maximum Gasteiger partial charge on any atom is 0.371 e. The van der Waals surface area contributed by atoms with Crippen molar-refractivity contribution < 1.29 is 9.90 Å². The summed E-state index contributed by atoms with van der Waals surface area (Å²) in [6.07, 6.45) is 1.07. The Balaban J connectivity index is 3.99. The van der Waals surface area contributed by atoms with E-state index in [0.717, 1.165) is 6.20 Å². The van der Waals surface area contributed by atoms with E-state index in [-0.39, 0.29) is 0 Å². The quantitative estimate of drug-likeness (QED) is 0.359. The minimum atomic E-state index is -1.23. The summed E-state index contributed by atoms with van der Waals surface area (Å²) in [5.41, 5.74) is 4.81. The molecule has 0 aliphatic carbocycles. The lowest BCUT2D eigenvalue weighted by Gasteiger charge is -1.84. The Bertz CT molecular complexity index is 139. The van der Waals surface area contributed by atoms with Crippen LogP contribution in [0.15, 0.2) is 17.8 Å². The van der Waals surface area contributed by atoms with Gasteiger partial charge in [-0.3, -0.25) is 0 Å². The second kappa shape index (κ2) is 2.79. The molecule has 0 saturated carbocycles. The molecule has 0 rings (SSSR count). The lowest BCUT2D eigenvalue weighted by atomic mass is 10.6.